The summed E-state index contributed by atoms with van der Waals surface area (Å²) in [5, 5.41) is 13.6. The number of aromatic amines is 1. The minimum atomic E-state index is -0.124. The number of fused-ring (bicyclic) bond motifs is 1. The second-order valence-corrected chi connectivity index (χ2v) is 9.30. The molecule has 1 aliphatic heterocycles. The lowest BCUT2D eigenvalue weighted by Crippen LogP contribution is -2.18. The second-order valence-electron chi connectivity index (χ2n) is 7.06. The monoisotopic (exact) mass is 436 g/mol. The lowest BCUT2D eigenvalue weighted by Gasteiger charge is -2.11. The topological polar surface area (TPSA) is 79.9 Å². The van der Waals surface area contributed by atoms with Gasteiger partial charge in [0, 0.05) is 29.6 Å². The average molecular weight is 437 g/mol. The van der Waals surface area contributed by atoms with Crippen LogP contribution in [0.15, 0.2) is 68.6 Å². The van der Waals surface area contributed by atoms with E-state index < -0.39 is 0 Å². The minimum absolute atomic E-state index is 0.124. The van der Waals surface area contributed by atoms with Gasteiger partial charge in [0.05, 0.1) is 11.0 Å². The van der Waals surface area contributed by atoms with Crippen LogP contribution in [0.2, 0.25) is 0 Å². The van der Waals surface area contributed by atoms with E-state index in [0.717, 1.165) is 57.5 Å². The molecule has 4 aromatic rings. The third kappa shape index (κ3) is 3.98. The molecular formula is C22H20N4O2S2. The summed E-state index contributed by atoms with van der Waals surface area (Å²) < 4.78 is 6.37. The van der Waals surface area contributed by atoms with Gasteiger partial charge in [-0.2, -0.15) is 0 Å². The molecule has 0 aliphatic carbocycles. The lowest BCUT2D eigenvalue weighted by molar-refractivity contribution is 0.120. The first-order chi connectivity index (χ1) is 14.8. The fourth-order valence-electron chi connectivity index (χ4n) is 3.63. The smallest absolute Gasteiger partial charge is 0.263 e. The Kier molecular flexibility index (Phi) is 5.52. The van der Waals surface area contributed by atoms with Gasteiger partial charge in [-0.3, -0.25) is 4.79 Å². The molecule has 0 amide bonds. The zero-order chi connectivity index (χ0) is 20.3. The van der Waals surface area contributed by atoms with Crippen LogP contribution in [0.4, 0.5) is 5.13 Å². The third-order valence-corrected chi connectivity index (χ3v) is 7.07. The van der Waals surface area contributed by atoms with E-state index in [4.69, 9.17) is 4.74 Å². The zero-order valence-corrected chi connectivity index (χ0v) is 17.8. The van der Waals surface area contributed by atoms with Crippen LogP contribution in [0.1, 0.15) is 12.8 Å². The van der Waals surface area contributed by atoms with Gasteiger partial charge < -0.3 is 15.0 Å². The molecular weight excluding hydrogens is 416 g/mol. The first kappa shape index (κ1) is 19.3. The number of para-hydroxylation sites is 1. The van der Waals surface area contributed by atoms with Crippen LogP contribution in [-0.2, 0) is 4.74 Å². The summed E-state index contributed by atoms with van der Waals surface area (Å²) in [5.74, 6) is 0. The van der Waals surface area contributed by atoms with E-state index in [9.17, 15) is 4.79 Å². The number of benzene rings is 2. The molecule has 0 spiro atoms. The molecule has 1 saturated heterocycles. The van der Waals surface area contributed by atoms with Crippen LogP contribution >= 0.6 is 23.1 Å². The summed E-state index contributed by atoms with van der Waals surface area (Å²) >= 11 is 2.81. The molecule has 0 radical (unpaired) electrons. The first-order valence-corrected chi connectivity index (χ1v) is 11.5. The predicted molar refractivity (Wildman–Crippen MR) is 122 cm³/mol. The number of nitrogens with zero attached hydrogens (tertiary/aromatic N) is 2. The maximum absolute atomic E-state index is 13.0. The van der Waals surface area contributed by atoms with E-state index in [0.29, 0.717) is 4.90 Å². The van der Waals surface area contributed by atoms with Gasteiger partial charge in [-0.05, 0) is 24.5 Å². The predicted octanol–water partition coefficient (Wildman–Crippen LogP) is 4.79. The van der Waals surface area contributed by atoms with Gasteiger partial charge in [-0.1, -0.05) is 71.6 Å². The van der Waals surface area contributed by atoms with E-state index in [-0.39, 0.29) is 11.7 Å². The van der Waals surface area contributed by atoms with Crippen molar-refractivity contribution in [2.45, 2.75) is 28.2 Å². The third-order valence-electron chi connectivity index (χ3n) is 5.04. The Labute approximate surface area is 181 Å². The Morgan fingerprint density at radius 2 is 1.97 bits per heavy atom. The van der Waals surface area contributed by atoms with E-state index in [1.807, 2.05) is 54.6 Å². The molecule has 8 heteroatoms. The molecule has 3 heterocycles. The number of hydrogen-bond donors (Lipinski definition) is 2. The van der Waals surface area contributed by atoms with Crippen molar-refractivity contribution in [3.63, 3.8) is 0 Å². The number of aromatic nitrogens is 3. The van der Waals surface area contributed by atoms with E-state index in [1.165, 1.54) is 23.1 Å². The van der Waals surface area contributed by atoms with Crippen molar-refractivity contribution in [1.82, 2.24) is 15.2 Å². The molecule has 2 N–H and O–H groups in total. The van der Waals surface area contributed by atoms with Gasteiger partial charge in [-0.25, -0.2) is 0 Å². The number of anilines is 1. The van der Waals surface area contributed by atoms with Crippen LogP contribution in [0.3, 0.4) is 0 Å². The largest absolute Gasteiger partial charge is 0.376 e. The first-order valence-electron chi connectivity index (χ1n) is 9.85. The number of ether oxygens (including phenoxy) is 1. The van der Waals surface area contributed by atoms with Gasteiger partial charge in [-0.15, -0.1) is 10.2 Å². The number of pyridine rings is 1. The molecule has 1 fully saturated rings. The Balaban J connectivity index is 1.49. The molecule has 1 aliphatic rings. The average Bonchev–Trinajstić information content (AvgIpc) is 3.45. The summed E-state index contributed by atoms with van der Waals surface area (Å²) in [6, 6.07) is 17.9. The van der Waals surface area contributed by atoms with Gasteiger partial charge >= 0.3 is 0 Å². The van der Waals surface area contributed by atoms with Gasteiger partial charge in [0.2, 0.25) is 5.13 Å². The summed E-state index contributed by atoms with van der Waals surface area (Å²) in [4.78, 5) is 16.6. The summed E-state index contributed by atoms with van der Waals surface area (Å²) in [5.41, 5.74) is 2.62. The molecule has 6 nitrogen and oxygen atoms in total. The number of nitrogens with one attached hydrogen (secondary N) is 2. The zero-order valence-electron chi connectivity index (χ0n) is 16.1. The molecule has 5 rings (SSSR count). The highest BCUT2D eigenvalue weighted by molar-refractivity contribution is 8.01. The van der Waals surface area contributed by atoms with Gasteiger partial charge in [0.1, 0.15) is 0 Å². The summed E-state index contributed by atoms with van der Waals surface area (Å²) in [6.45, 7) is 1.56. The maximum atomic E-state index is 13.0. The van der Waals surface area contributed by atoms with Crippen molar-refractivity contribution >= 4 is 39.1 Å². The normalized spacial score (nSPS) is 16.2. The van der Waals surface area contributed by atoms with E-state index >= 15 is 0 Å². The highest BCUT2D eigenvalue weighted by Crippen LogP contribution is 2.39. The van der Waals surface area contributed by atoms with E-state index in [2.05, 4.69) is 20.5 Å². The SMILES string of the molecule is O=c1[nH]c2ccccc2c(-c2ccccc2)c1Sc1nnc(NC[C@H]2CCCO2)s1. The quantitative estimate of drug-likeness (QED) is 0.452. The molecule has 0 bridgehead atoms. The van der Waals surface area contributed by atoms with Gasteiger partial charge in [0.25, 0.3) is 5.56 Å². The van der Waals surface area contributed by atoms with E-state index in [1.54, 1.807) is 0 Å². The molecule has 0 unspecified atom stereocenters. The summed E-state index contributed by atoms with van der Waals surface area (Å²) in [7, 11) is 0. The summed E-state index contributed by atoms with van der Waals surface area (Å²) in [6.07, 6.45) is 2.41. The molecule has 1 atom stereocenters. The van der Waals surface area contributed by atoms with Crippen LogP contribution < -0.4 is 10.9 Å². The highest BCUT2D eigenvalue weighted by Gasteiger charge is 2.19. The van der Waals surface area contributed by atoms with Crippen molar-refractivity contribution in [2.75, 3.05) is 18.5 Å². The Bertz CT molecular complexity index is 1220. The lowest BCUT2D eigenvalue weighted by atomic mass is 10.0. The van der Waals surface area contributed by atoms with Crippen molar-refractivity contribution in [1.29, 1.82) is 0 Å². The highest BCUT2D eigenvalue weighted by atomic mass is 32.2. The van der Waals surface area contributed by atoms with Gasteiger partial charge in [0.15, 0.2) is 4.34 Å². The van der Waals surface area contributed by atoms with Crippen molar-refractivity contribution < 1.29 is 4.74 Å². The fraction of sp³-hybridized carbons (Fsp3) is 0.227. The van der Waals surface area contributed by atoms with Crippen molar-refractivity contribution in [3.8, 4) is 11.1 Å². The number of rotatable bonds is 6. The molecule has 2 aromatic carbocycles. The van der Waals surface area contributed by atoms with Crippen molar-refractivity contribution in [2.24, 2.45) is 0 Å². The second kappa shape index (κ2) is 8.59. The fourth-order valence-corrected chi connectivity index (χ4v) is 5.50. The number of H-pyrrole nitrogens is 1. The Morgan fingerprint density at radius 1 is 1.13 bits per heavy atom. The molecule has 0 saturated carbocycles. The maximum Gasteiger partial charge on any atom is 0.263 e. The molecule has 2 aromatic heterocycles. The van der Waals surface area contributed by atoms with Crippen LogP contribution in [-0.4, -0.2) is 34.4 Å². The molecule has 152 valence electrons. The van der Waals surface area contributed by atoms with Crippen LogP contribution in [0.25, 0.3) is 22.0 Å². The molecule has 30 heavy (non-hydrogen) atoms. The number of hydrogen-bond acceptors (Lipinski definition) is 7. The van der Waals surface area contributed by atoms with Crippen LogP contribution in [0.5, 0.6) is 0 Å². The van der Waals surface area contributed by atoms with Crippen molar-refractivity contribution in [3.05, 3.63) is 65.0 Å². The Hall–Kier alpha value is -2.68. The Morgan fingerprint density at radius 3 is 2.80 bits per heavy atom. The standard InChI is InChI=1S/C22H20N4O2S2/c27-20-19(29-22-26-25-21(30-22)23-13-15-9-6-12-28-15)18(14-7-2-1-3-8-14)16-10-4-5-11-17(16)24-20/h1-5,7-8,10-11,15H,6,9,12-13H2,(H,23,25)(H,24,27)/t15-/m1/s1. The van der Waals surface area contributed by atoms with Crippen LogP contribution in [0, 0.1) is 0 Å². The minimum Gasteiger partial charge on any atom is -0.376 e.